The van der Waals surface area contributed by atoms with Crippen molar-refractivity contribution in [2.75, 3.05) is 26.8 Å². The Balaban J connectivity index is 1.89. The van der Waals surface area contributed by atoms with Crippen LogP contribution in [0.2, 0.25) is 0 Å². The number of pyridine rings is 1. The van der Waals surface area contributed by atoms with Crippen molar-refractivity contribution in [3.63, 3.8) is 0 Å². The molecule has 1 aromatic heterocycles. The quantitative estimate of drug-likeness (QED) is 0.559. The van der Waals surface area contributed by atoms with E-state index in [0.29, 0.717) is 25.1 Å². The zero-order valence-corrected chi connectivity index (χ0v) is 16.2. The van der Waals surface area contributed by atoms with Crippen molar-refractivity contribution >= 4 is 16.3 Å². The monoisotopic (exact) mass is 407 g/mol. The minimum Gasteiger partial charge on any atom is -0.593 e. The van der Waals surface area contributed by atoms with Gasteiger partial charge in [-0.05, 0) is 36.2 Å². The van der Waals surface area contributed by atoms with Gasteiger partial charge in [-0.25, -0.2) is 4.39 Å². The summed E-state index contributed by atoms with van der Waals surface area (Å²) in [4.78, 5) is 16.4. The number of carbonyl (C=O) groups is 1. The van der Waals surface area contributed by atoms with Crippen LogP contribution in [0.5, 0.6) is 0 Å². The van der Waals surface area contributed by atoms with E-state index in [1.54, 1.807) is 18.2 Å². The van der Waals surface area contributed by atoms with Crippen LogP contribution in [0.15, 0.2) is 53.7 Å². The fourth-order valence-electron chi connectivity index (χ4n) is 3.30. The van der Waals surface area contributed by atoms with Gasteiger partial charge in [0.2, 0.25) is 5.91 Å². The number of benzene rings is 1. The van der Waals surface area contributed by atoms with Crippen molar-refractivity contribution in [1.82, 2.24) is 14.6 Å². The van der Waals surface area contributed by atoms with Crippen LogP contribution >= 0.6 is 0 Å². The van der Waals surface area contributed by atoms with E-state index < -0.39 is 28.2 Å². The molecular weight excluding hydrogens is 385 g/mol. The van der Waals surface area contributed by atoms with Gasteiger partial charge in [-0.1, -0.05) is 16.3 Å². The molecule has 3 atom stereocenters. The van der Waals surface area contributed by atoms with Crippen LogP contribution in [0.25, 0.3) is 0 Å². The number of sulfonamides is 1. The summed E-state index contributed by atoms with van der Waals surface area (Å²) in [5, 5.41) is 2.76. The Morgan fingerprint density at radius 3 is 2.79 bits per heavy atom. The maximum Gasteiger partial charge on any atom is 0.224 e. The summed E-state index contributed by atoms with van der Waals surface area (Å²) in [6.07, 6.45) is 3.08. The van der Waals surface area contributed by atoms with Gasteiger partial charge in [-0.3, -0.25) is 9.78 Å². The predicted octanol–water partition coefficient (Wildman–Crippen LogP) is 1.95. The van der Waals surface area contributed by atoms with Crippen LogP contribution in [0.3, 0.4) is 0 Å². The SMILES string of the molecule is COCCNC(=O)[C@@H]1C[C@@H](c2ccc(F)cc2)N([S+](=O)([O-])c2cccnc2)C1. The van der Waals surface area contributed by atoms with Crippen molar-refractivity contribution < 1.29 is 22.7 Å². The van der Waals surface area contributed by atoms with Gasteiger partial charge in [0.05, 0.1) is 31.3 Å². The predicted molar refractivity (Wildman–Crippen MR) is 100 cm³/mol. The Kier molecular flexibility index (Phi) is 6.50. The van der Waals surface area contributed by atoms with Crippen molar-refractivity contribution in [1.29, 1.82) is 0 Å². The molecule has 28 heavy (non-hydrogen) atoms. The first-order valence-electron chi connectivity index (χ1n) is 8.87. The summed E-state index contributed by atoms with van der Waals surface area (Å²) in [7, 11) is -2.33. The first kappa shape index (κ1) is 20.5. The molecule has 0 aliphatic carbocycles. The molecule has 2 heterocycles. The first-order chi connectivity index (χ1) is 13.4. The van der Waals surface area contributed by atoms with E-state index in [4.69, 9.17) is 4.74 Å². The number of carbonyl (C=O) groups excluding carboxylic acids is 1. The van der Waals surface area contributed by atoms with E-state index in [1.807, 2.05) is 0 Å². The molecule has 0 spiro atoms. The van der Waals surface area contributed by atoms with Gasteiger partial charge in [0.15, 0.2) is 15.3 Å². The second-order valence-corrected chi connectivity index (χ2v) is 8.44. The van der Waals surface area contributed by atoms with Gasteiger partial charge in [0.25, 0.3) is 0 Å². The molecule has 7 nitrogen and oxygen atoms in total. The zero-order valence-electron chi connectivity index (χ0n) is 15.4. The highest BCUT2D eigenvalue weighted by Gasteiger charge is 2.47. The number of ether oxygens (including phenoxy) is 1. The molecule has 0 radical (unpaired) electrons. The van der Waals surface area contributed by atoms with Gasteiger partial charge in [0.1, 0.15) is 5.82 Å². The third-order valence-electron chi connectivity index (χ3n) is 4.73. The zero-order chi connectivity index (χ0) is 20.1. The van der Waals surface area contributed by atoms with Gasteiger partial charge in [-0.2, -0.15) is 0 Å². The van der Waals surface area contributed by atoms with E-state index in [1.165, 1.54) is 42.0 Å². The molecule has 2 aromatic rings. The third kappa shape index (κ3) is 4.44. The number of methoxy groups -OCH3 is 1. The summed E-state index contributed by atoms with van der Waals surface area (Å²) >= 11 is 0. The summed E-state index contributed by atoms with van der Waals surface area (Å²) < 4.78 is 45.9. The highest BCUT2D eigenvalue weighted by Crippen LogP contribution is 2.41. The standard InChI is InChI=1S/C19H22FN3O4S/c1-27-10-9-22-19(24)15-11-18(14-4-6-16(20)7-5-14)23(13-15)28(25,26)17-3-2-8-21-12-17/h2-8,12,15,18H,9-11,13H2,1H3,(H-,22,24,25,26)/t15-,18+/m1/s1. The fraction of sp³-hybridized carbons (Fsp3) is 0.368. The molecule has 1 fully saturated rings. The number of nitrogens with zero attached hydrogens (tertiary/aromatic N) is 2. The van der Waals surface area contributed by atoms with Crippen LogP contribution in [0, 0.1) is 11.7 Å². The second-order valence-electron chi connectivity index (χ2n) is 6.55. The molecule has 1 aliphatic rings. The lowest BCUT2D eigenvalue weighted by Crippen LogP contribution is -2.39. The molecule has 1 aliphatic heterocycles. The van der Waals surface area contributed by atoms with Crippen molar-refractivity contribution in [3.05, 3.63) is 60.2 Å². The lowest BCUT2D eigenvalue weighted by molar-refractivity contribution is -0.124. The van der Waals surface area contributed by atoms with E-state index in [-0.39, 0.29) is 17.3 Å². The lowest BCUT2D eigenvalue weighted by Gasteiger charge is -2.28. The topological polar surface area (TPSA) is 94.6 Å². The maximum absolute atomic E-state index is 13.3. The molecule has 1 unspecified atom stereocenters. The van der Waals surface area contributed by atoms with Crippen LogP contribution in [0.4, 0.5) is 4.39 Å². The van der Waals surface area contributed by atoms with Crippen LogP contribution < -0.4 is 5.32 Å². The van der Waals surface area contributed by atoms with Gasteiger partial charge in [-0.15, -0.1) is 4.31 Å². The van der Waals surface area contributed by atoms with E-state index >= 15 is 0 Å². The number of halogens is 1. The molecule has 9 heteroatoms. The number of amides is 1. The molecule has 1 saturated heterocycles. The van der Waals surface area contributed by atoms with E-state index in [9.17, 15) is 17.9 Å². The summed E-state index contributed by atoms with van der Waals surface area (Å²) in [6.45, 7) is 0.762. The second kappa shape index (κ2) is 8.87. The average Bonchev–Trinajstić information content (AvgIpc) is 3.16. The molecule has 1 amide bonds. The number of nitrogens with one attached hydrogen (secondary N) is 1. The largest absolute Gasteiger partial charge is 0.593 e. The van der Waals surface area contributed by atoms with Crippen molar-refractivity contribution in [2.24, 2.45) is 5.92 Å². The number of hydrogen-bond donors (Lipinski definition) is 1. The third-order valence-corrected chi connectivity index (χ3v) is 6.59. The Hall–Kier alpha value is -2.20. The summed E-state index contributed by atoms with van der Waals surface area (Å²) in [6, 6.07) is 8.13. The van der Waals surface area contributed by atoms with Crippen LogP contribution in [-0.2, 0) is 24.1 Å². The molecule has 1 N–H and O–H groups in total. The fourth-order valence-corrected chi connectivity index (χ4v) is 4.94. The Labute approximate surface area is 164 Å². The lowest BCUT2D eigenvalue weighted by atomic mass is 9.99. The number of aromatic nitrogens is 1. The van der Waals surface area contributed by atoms with E-state index in [2.05, 4.69) is 10.3 Å². The minimum absolute atomic E-state index is 0.0398. The summed E-state index contributed by atoms with van der Waals surface area (Å²) in [5.41, 5.74) is 0.640. The first-order valence-corrected chi connectivity index (χ1v) is 10.3. The van der Waals surface area contributed by atoms with Crippen molar-refractivity contribution in [3.8, 4) is 0 Å². The van der Waals surface area contributed by atoms with Crippen LogP contribution in [0.1, 0.15) is 18.0 Å². The van der Waals surface area contributed by atoms with Crippen LogP contribution in [-0.4, -0.2) is 46.6 Å². The molecule has 0 bridgehead atoms. The van der Waals surface area contributed by atoms with Crippen molar-refractivity contribution in [2.45, 2.75) is 17.4 Å². The van der Waals surface area contributed by atoms with Gasteiger partial charge >= 0.3 is 0 Å². The normalized spacial score (nSPS) is 22.0. The maximum atomic E-state index is 13.3. The molecule has 0 saturated carbocycles. The van der Waals surface area contributed by atoms with Gasteiger partial charge < -0.3 is 14.6 Å². The smallest absolute Gasteiger partial charge is 0.224 e. The highest BCUT2D eigenvalue weighted by molar-refractivity contribution is 7.95. The summed E-state index contributed by atoms with van der Waals surface area (Å²) in [5.74, 6) is -1.15. The molecule has 150 valence electrons. The molecule has 1 aromatic carbocycles. The Morgan fingerprint density at radius 2 is 2.14 bits per heavy atom. The minimum atomic E-state index is -3.87. The number of rotatable bonds is 7. The average molecular weight is 407 g/mol. The Morgan fingerprint density at radius 1 is 1.39 bits per heavy atom. The molecule has 3 rings (SSSR count). The van der Waals surface area contributed by atoms with Gasteiger partial charge in [0, 0.05) is 19.9 Å². The molecular formula is C19H22FN3O4S. The highest BCUT2D eigenvalue weighted by atomic mass is 32.3. The van der Waals surface area contributed by atoms with E-state index in [0.717, 1.165) is 0 Å². The number of hydrogen-bond acceptors (Lipinski definition) is 5. The Bertz CT molecular complexity index is 850.